The molecule has 0 unspecified atom stereocenters. The second kappa shape index (κ2) is 5.89. The molecule has 18 heavy (non-hydrogen) atoms. The van der Waals surface area contributed by atoms with Crippen molar-refractivity contribution in [1.29, 1.82) is 0 Å². The third-order valence-corrected chi connectivity index (χ3v) is 4.18. The number of hydrogen-bond donors (Lipinski definition) is 1. The summed E-state index contributed by atoms with van der Waals surface area (Å²) in [4.78, 5) is 2.72. The second-order valence-corrected chi connectivity index (χ2v) is 5.80. The van der Waals surface area contributed by atoms with E-state index >= 15 is 0 Å². The Morgan fingerprint density at radius 1 is 1.33 bits per heavy atom. The van der Waals surface area contributed by atoms with Crippen molar-refractivity contribution in [2.75, 3.05) is 11.9 Å². The third kappa shape index (κ3) is 2.96. The summed E-state index contributed by atoms with van der Waals surface area (Å²) in [6.07, 6.45) is 6.47. The van der Waals surface area contributed by atoms with E-state index in [1.165, 1.54) is 32.1 Å². The van der Waals surface area contributed by atoms with Crippen LogP contribution in [-0.2, 0) is 0 Å². The highest BCUT2D eigenvalue weighted by Crippen LogP contribution is 2.30. The molecule has 0 spiro atoms. The number of anilines is 1. The molecule has 0 atom stereocenters. The Morgan fingerprint density at radius 3 is 2.61 bits per heavy atom. The molecule has 0 radical (unpaired) electrons. The topological polar surface area (TPSA) is 29.3 Å². The van der Waals surface area contributed by atoms with Crippen LogP contribution in [-0.4, -0.2) is 18.1 Å². The van der Waals surface area contributed by atoms with Gasteiger partial charge in [0.15, 0.2) is 0 Å². The Balaban J connectivity index is 2.28. The lowest BCUT2D eigenvalue weighted by Gasteiger charge is -2.34. The van der Waals surface area contributed by atoms with Crippen LogP contribution in [0.1, 0.15) is 37.7 Å². The fraction of sp³-hybridized carbons (Fsp3) is 0.500. The van der Waals surface area contributed by atoms with E-state index in [0.717, 1.165) is 11.3 Å². The lowest BCUT2D eigenvalue weighted by molar-refractivity contribution is 0.427. The van der Waals surface area contributed by atoms with Crippen LogP contribution in [0.25, 0.3) is 0 Å². The van der Waals surface area contributed by atoms with Crippen LogP contribution in [0, 0.1) is 0 Å². The monoisotopic (exact) mass is 282 g/mol. The second-order valence-electron chi connectivity index (χ2n) is 4.93. The highest BCUT2D eigenvalue weighted by atomic mass is 35.5. The molecule has 0 saturated heterocycles. The summed E-state index contributed by atoms with van der Waals surface area (Å²) < 4.78 is 0. The van der Waals surface area contributed by atoms with Gasteiger partial charge in [0.25, 0.3) is 0 Å². The van der Waals surface area contributed by atoms with Crippen molar-refractivity contribution in [3.8, 4) is 0 Å². The van der Waals surface area contributed by atoms with Crippen molar-refractivity contribution >= 4 is 34.5 Å². The Morgan fingerprint density at radius 2 is 2.00 bits per heavy atom. The Hall–Kier alpha value is -0.800. The van der Waals surface area contributed by atoms with E-state index in [0.29, 0.717) is 16.1 Å². The minimum atomic E-state index is 0.412. The van der Waals surface area contributed by atoms with E-state index in [4.69, 9.17) is 29.6 Å². The molecule has 0 amide bonds. The zero-order valence-electron chi connectivity index (χ0n) is 10.7. The number of nitrogens with two attached hydrogens (primary N) is 1. The van der Waals surface area contributed by atoms with E-state index in [2.05, 4.69) is 11.9 Å². The largest absolute Gasteiger partial charge is 0.389 e. The molecule has 0 bridgehead atoms. The minimum Gasteiger partial charge on any atom is -0.389 e. The predicted molar refractivity (Wildman–Crippen MR) is 82.6 cm³/mol. The van der Waals surface area contributed by atoms with Gasteiger partial charge in [-0.25, -0.2) is 0 Å². The molecular weight excluding hydrogens is 264 g/mol. The number of thiocarbonyl (C=S) groups is 1. The van der Waals surface area contributed by atoms with Crippen molar-refractivity contribution in [1.82, 2.24) is 0 Å². The summed E-state index contributed by atoms with van der Waals surface area (Å²) in [5, 5.41) is 0.679. The summed E-state index contributed by atoms with van der Waals surface area (Å²) >= 11 is 11.1. The summed E-state index contributed by atoms with van der Waals surface area (Å²) in [5.74, 6) is 0. The zero-order chi connectivity index (χ0) is 13.1. The minimum absolute atomic E-state index is 0.412. The molecule has 98 valence electrons. The van der Waals surface area contributed by atoms with E-state index in [9.17, 15) is 0 Å². The summed E-state index contributed by atoms with van der Waals surface area (Å²) in [6.45, 7) is 0. The maximum atomic E-state index is 6.02. The van der Waals surface area contributed by atoms with Gasteiger partial charge in [-0.1, -0.05) is 43.1 Å². The SMILES string of the molecule is CN(c1ccc(Cl)cc1C(N)=S)C1CCCCC1. The average molecular weight is 283 g/mol. The third-order valence-electron chi connectivity index (χ3n) is 3.73. The van der Waals surface area contributed by atoms with Gasteiger partial charge in [-0.05, 0) is 31.0 Å². The van der Waals surface area contributed by atoms with Crippen LogP contribution in [0.2, 0.25) is 5.02 Å². The van der Waals surface area contributed by atoms with Gasteiger partial charge in [-0.3, -0.25) is 0 Å². The normalized spacial score (nSPS) is 16.6. The van der Waals surface area contributed by atoms with Crippen molar-refractivity contribution < 1.29 is 0 Å². The highest BCUT2D eigenvalue weighted by molar-refractivity contribution is 7.80. The Kier molecular flexibility index (Phi) is 4.46. The quantitative estimate of drug-likeness (QED) is 0.857. The van der Waals surface area contributed by atoms with Gasteiger partial charge in [0, 0.05) is 29.4 Å². The van der Waals surface area contributed by atoms with Gasteiger partial charge >= 0.3 is 0 Å². The molecule has 1 saturated carbocycles. The first-order chi connectivity index (χ1) is 8.59. The van der Waals surface area contributed by atoms with Crippen LogP contribution in [0.15, 0.2) is 18.2 Å². The summed E-state index contributed by atoms with van der Waals surface area (Å²) in [7, 11) is 2.13. The van der Waals surface area contributed by atoms with Crippen LogP contribution < -0.4 is 10.6 Å². The number of halogens is 1. The molecule has 2 N–H and O–H groups in total. The molecule has 0 aliphatic heterocycles. The van der Waals surface area contributed by atoms with Crippen molar-refractivity contribution in [2.45, 2.75) is 38.1 Å². The molecule has 2 rings (SSSR count). The van der Waals surface area contributed by atoms with E-state index < -0.39 is 0 Å². The average Bonchev–Trinajstić information content (AvgIpc) is 2.39. The van der Waals surface area contributed by atoms with Crippen molar-refractivity contribution in [3.63, 3.8) is 0 Å². The fourth-order valence-corrected chi connectivity index (χ4v) is 3.01. The van der Waals surface area contributed by atoms with Gasteiger partial charge in [0.2, 0.25) is 0 Å². The van der Waals surface area contributed by atoms with Crippen LogP contribution in [0.5, 0.6) is 0 Å². The van der Waals surface area contributed by atoms with Gasteiger partial charge in [0.05, 0.1) is 0 Å². The predicted octanol–water partition coefficient (Wildman–Crippen LogP) is 3.74. The summed E-state index contributed by atoms with van der Waals surface area (Å²) in [5.41, 5.74) is 7.77. The molecule has 1 aromatic carbocycles. The van der Waals surface area contributed by atoms with Crippen molar-refractivity contribution in [3.05, 3.63) is 28.8 Å². The summed E-state index contributed by atoms with van der Waals surface area (Å²) in [6, 6.07) is 6.37. The maximum Gasteiger partial charge on any atom is 0.106 e. The molecule has 4 heteroatoms. The molecule has 1 aliphatic carbocycles. The van der Waals surface area contributed by atoms with Gasteiger partial charge in [-0.15, -0.1) is 0 Å². The van der Waals surface area contributed by atoms with E-state index in [-0.39, 0.29) is 0 Å². The molecule has 1 aliphatic rings. The van der Waals surface area contributed by atoms with Gasteiger partial charge < -0.3 is 10.6 Å². The lowest BCUT2D eigenvalue weighted by atomic mass is 9.94. The molecular formula is C14H19ClN2S. The smallest absolute Gasteiger partial charge is 0.106 e. The Labute approximate surface area is 119 Å². The fourth-order valence-electron chi connectivity index (χ4n) is 2.68. The van der Waals surface area contributed by atoms with E-state index in [1.807, 2.05) is 18.2 Å². The lowest BCUT2D eigenvalue weighted by Crippen LogP contribution is -2.34. The molecule has 0 aromatic heterocycles. The first-order valence-electron chi connectivity index (χ1n) is 6.42. The van der Waals surface area contributed by atoms with Gasteiger partial charge in [0.1, 0.15) is 4.99 Å². The standard InChI is InChI=1S/C14H19ClN2S/c1-17(11-5-3-2-4-6-11)13-8-7-10(15)9-12(13)14(16)18/h7-9,11H,2-6H2,1H3,(H2,16,18). The number of nitrogens with zero attached hydrogens (tertiary/aromatic N) is 1. The number of hydrogen-bond acceptors (Lipinski definition) is 2. The van der Waals surface area contributed by atoms with Crippen LogP contribution >= 0.6 is 23.8 Å². The number of rotatable bonds is 3. The van der Waals surface area contributed by atoms with Crippen LogP contribution in [0.4, 0.5) is 5.69 Å². The van der Waals surface area contributed by atoms with Crippen molar-refractivity contribution in [2.24, 2.45) is 5.73 Å². The van der Waals surface area contributed by atoms with Gasteiger partial charge in [-0.2, -0.15) is 0 Å². The molecule has 1 fully saturated rings. The van der Waals surface area contributed by atoms with E-state index in [1.54, 1.807) is 0 Å². The Bertz CT molecular complexity index is 441. The molecule has 2 nitrogen and oxygen atoms in total. The molecule has 1 aromatic rings. The van der Waals surface area contributed by atoms with Crippen LogP contribution in [0.3, 0.4) is 0 Å². The maximum absolute atomic E-state index is 6.02. The first kappa shape index (κ1) is 13.6. The highest BCUT2D eigenvalue weighted by Gasteiger charge is 2.20. The zero-order valence-corrected chi connectivity index (χ0v) is 12.2. The molecule has 0 heterocycles. The number of benzene rings is 1. The first-order valence-corrected chi connectivity index (χ1v) is 7.20.